The van der Waals surface area contributed by atoms with Crippen molar-refractivity contribution in [3.8, 4) is 0 Å². The minimum absolute atomic E-state index is 0.255. The first kappa shape index (κ1) is 13.0. The third-order valence-electron chi connectivity index (χ3n) is 3.03. The van der Waals surface area contributed by atoms with E-state index in [2.05, 4.69) is 18.7 Å². The Bertz CT molecular complexity index is 341. The second-order valence-corrected chi connectivity index (χ2v) is 3.94. The summed E-state index contributed by atoms with van der Waals surface area (Å²) in [7, 11) is 0. The topological polar surface area (TPSA) is 23.5 Å². The van der Waals surface area contributed by atoms with Gasteiger partial charge in [-0.15, -0.1) is 0 Å². The fourth-order valence-corrected chi connectivity index (χ4v) is 1.91. The molecule has 1 unspecified atom stereocenters. The number of rotatable bonds is 5. The molecule has 2 nitrogen and oxygen atoms in total. The van der Waals surface area contributed by atoms with Gasteiger partial charge in [0.15, 0.2) is 0 Å². The third kappa shape index (κ3) is 2.53. The highest BCUT2D eigenvalue weighted by molar-refractivity contribution is 5.54. The Hall–Kier alpha value is -1.09. The van der Waals surface area contributed by atoms with Gasteiger partial charge >= 0.3 is 0 Å². The normalized spacial score (nSPS) is 12.6. The van der Waals surface area contributed by atoms with Crippen LogP contribution in [0.5, 0.6) is 0 Å². The van der Waals surface area contributed by atoms with Crippen LogP contribution in [0.15, 0.2) is 18.2 Å². The second-order valence-electron chi connectivity index (χ2n) is 3.94. The highest BCUT2D eigenvalue weighted by Gasteiger charge is 2.16. The molecular formula is C13H20FNO. The van der Waals surface area contributed by atoms with Crippen LogP contribution in [0.1, 0.15) is 32.8 Å². The van der Waals surface area contributed by atoms with E-state index in [1.807, 2.05) is 13.0 Å². The molecule has 0 fully saturated rings. The minimum Gasteiger partial charge on any atom is -0.391 e. The van der Waals surface area contributed by atoms with Gasteiger partial charge in [0.25, 0.3) is 0 Å². The number of halogens is 1. The highest BCUT2D eigenvalue weighted by atomic mass is 19.1. The lowest BCUT2D eigenvalue weighted by atomic mass is 10.1. The molecule has 0 aliphatic carbocycles. The molecule has 1 rings (SSSR count). The van der Waals surface area contributed by atoms with Crippen LogP contribution < -0.4 is 4.90 Å². The Kier molecular flexibility index (Phi) is 4.74. The Morgan fingerprint density at radius 2 is 2.06 bits per heavy atom. The van der Waals surface area contributed by atoms with Crippen molar-refractivity contribution >= 4 is 5.69 Å². The van der Waals surface area contributed by atoms with Crippen molar-refractivity contribution < 1.29 is 9.50 Å². The van der Waals surface area contributed by atoms with Crippen LogP contribution in [0.2, 0.25) is 0 Å². The van der Waals surface area contributed by atoms with Crippen molar-refractivity contribution in [2.75, 3.05) is 11.4 Å². The lowest BCUT2D eigenvalue weighted by Crippen LogP contribution is -2.33. The molecule has 0 saturated carbocycles. The van der Waals surface area contributed by atoms with Gasteiger partial charge in [0.1, 0.15) is 5.82 Å². The second kappa shape index (κ2) is 5.85. The van der Waals surface area contributed by atoms with Gasteiger partial charge in [-0.05, 0) is 32.4 Å². The highest BCUT2D eigenvalue weighted by Crippen LogP contribution is 2.25. The summed E-state index contributed by atoms with van der Waals surface area (Å²) >= 11 is 0. The van der Waals surface area contributed by atoms with Gasteiger partial charge in [-0.1, -0.05) is 13.0 Å². The van der Waals surface area contributed by atoms with Crippen LogP contribution in [-0.2, 0) is 6.61 Å². The standard InChI is InChI=1S/C13H20FNO/c1-4-10(3)15(5-2)13-8-6-7-12(14)11(13)9-16/h6-8,10,16H,4-5,9H2,1-3H3. The predicted octanol–water partition coefficient (Wildman–Crippen LogP) is 2.94. The maximum atomic E-state index is 13.5. The van der Waals surface area contributed by atoms with Gasteiger partial charge in [-0.25, -0.2) is 4.39 Å². The summed E-state index contributed by atoms with van der Waals surface area (Å²) < 4.78 is 13.5. The largest absolute Gasteiger partial charge is 0.391 e. The summed E-state index contributed by atoms with van der Waals surface area (Å²) in [6, 6.07) is 5.29. The van der Waals surface area contributed by atoms with Crippen molar-refractivity contribution in [3.63, 3.8) is 0 Å². The molecule has 0 aromatic heterocycles. The summed E-state index contributed by atoms with van der Waals surface area (Å²) in [5.41, 5.74) is 1.20. The average molecular weight is 225 g/mol. The molecule has 0 aliphatic heterocycles. The quantitative estimate of drug-likeness (QED) is 0.832. The smallest absolute Gasteiger partial charge is 0.130 e. The van der Waals surface area contributed by atoms with Crippen molar-refractivity contribution in [1.82, 2.24) is 0 Å². The molecule has 1 aromatic rings. The van der Waals surface area contributed by atoms with Crippen LogP contribution in [0, 0.1) is 5.82 Å². The van der Waals surface area contributed by atoms with Crippen molar-refractivity contribution in [2.24, 2.45) is 0 Å². The number of aliphatic hydroxyl groups is 1. The van der Waals surface area contributed by atoms with Crippen molar-refractivity contribution in [1.29, 1.82) is 0 Å². The van der Waals surface area contributed by atoms with E-state index >= 15 is 0 Å². The van der Waals surface area contributed by atoms with Crippen molar-refractivity contribution in [2.45, 2.75) is 39.8 Å². The van der Waals surface area contributed by atoms with Gasteiger partial charge < -0.3 is 10.0 Å². The molecule has 0 heterocycles. The fourth-order valence-electron chi connectivity index (χ4n) is 1.91. The molecule has 0 radical (unpaired) electrons. The number of nitrogens with zero attached hydrogens (tertiary/aromatic N) is 1. The van der Waals surface area contributed by atoms with E-state index in [1.165, 1.54) is 6.07 Å². The lowest BCUT2D eigenvalue weighted by molar-refractivity contribution is 0.275. The molecule has 1 N–H and O–H groups in total. The summed E-state index contributed by atoms with van der Waals surface area (Å²) in [4.78, 5) is 2.12. The first-order valence-electron chi connectivity index (χ1n) is 5.80. The van der Waals surface area contributed by atoms with E-state index in [0.717, 1.165) is 18.7 Å². The molecule has 0 amide bonds. The minimum atomic E-state index is -0.332. The SMILES string of the molecule is CCC(C)N(CC)c1cccc(F)c1CO. The summed E-state index contributed by atoms with van der Waals surface area (Å²) in [6.45, 7) is 6.80. The maximum Gasteiger partial charge on any atom is 0.130 e. The van der Waals surface area contributed by atoms with Gasteiger partial charge in [0.05, 0.1) is 6.61 Å². The predicted molar refractivity (Wildman–Crippen MR) is 65.1 cm³/mol. The number of hydrogen-bond donors (Lipinski definition) is 1. The van der Waals surface area contributed by atoms with Crippen LogP contribution in [0.4, 0.5) is 10.1 Å². The molecule has 0 bridgehead atoms. The molecule has 16 heavy (non-hydrogen) atoms. The molecule has 0 spiro atoms. The number of aliphatic hydroxyl groups excluding tert-OH is 1. The number of anilines is 1. The fraction of sp³-hybridized carbons (Fsp3) is 0.538. The Balaban J connectivity index is 3.14. The van der Waals surface area contributed by atoms with Crippen LogP contribution in [-0.4, -0.2) is 17.7 Å². The van der Waals surface area contributed by atoms with Gasteiger partial charge in [0.2, 0.25) is 0 Å². The number of benzene rings is 1. The first-order chi connectivity index (χ1) is 7.65. The third-order valence-corrected chi connectivity index (χ3v) is 3.03. The Morgan fingerprint density at radius 1 is 1.38 bits per heavy atom. The Labute approximate surface area is 96.7 Å². The van der Waals surface area contributed by atoms with E-state index in [0.29, 0.717) is 11.6 Å². The van der Waals surface area contributed by atoms with E-state index < -0.39 is 0 Å². The van der Waals surface area contributed by atoms with Crippen LogP contribution in [0.25, 0.3) is 0 Å². The van der Waals surface area contributed by atoms with E-state index in [-0.39, 0.29) is 12.4 Å². The summed E-state index contributed by atoms with van der Waals surface area (Å²) in [5.74, 6) is -0.332. The van der Waals surface area contributed by atoms with Gasteiger partial charge in [0, 0.05) is 23.8 Å². The molecule has 1 aromatic carbocycles. The molecule has 90 valence electrons. The Morgan fingerprint density at radius 3 is 2.56 bits per heavy atom. The summed E-state index contributed by atoms with van der Waals surface area (Å²) in [6.07, 6.45) is 0.995. The van der Waals surface area contributed by atoms with Crippen molar-refractivity contribution in [3.05, 3.63) is 29.6 Å². The van der Waals surface area contributed by atoms with E-state index in [4.69, 9.17) is 0 Å². The molecule has 3 heteroatoms. The molecule has 0 aliphatic rings. The van der Waals surface area contributed by atoms with Crippen LogP contribution >= 0.6 is 0 Å². The molecular weight excluding hydrogens is 205 g/mol. The zero-order valence-electron chi connectivity index (χ0n) is 10.2. The summed E-state index contributed by atoms with van der Waals surface area (Å²) in [5, 5.41) is 9.23. The average Bonchev–Trinajstić information content (AvgIpc) is 2.30. The van der Waals surface area contributed by atoms with E-state index in [9.17, 15) is 9.50 Å². The monoisotopic (exact) mass is 225 g/mol. The lowest BCUT2D eigenvalue weighted by Gasteiger charge is -2.31. The zero-order chi connectivity index (χ0) is 12.1. The first-order valence-corrected chi connectivity index (χ1v) is 5.80. The van der Waals surface area contributed by atoms with E-state index in [1.54, 1.807) is 6.07 Å². The molecule has 0 saturated heterocycles. The molecule has 1 atom stereocenters. The zero-order valence-corrected chi connectivity index (χ0v) is 10.2. The van der Waals surface area contributed by atoms with Gasteiger partial charge in [-0.2, -0.15) is 0 Å². The maximum absolute atomic E-state index is 13.5. The number of hydrogen-bond acceptors (Lipinski definition) is 2. The van der Waals surface area contributed by atoms with Crippen LogP contribution in [0.3, 0.4) is 0 Å². The van der Waals surface area contributed by atoms with Gasteiger partial charge in [-0.3, -0.25) is 0 Å².